The van der Waals surface area contributed by atoms with Crippen molar-refractivity contribution in [1.82, 2.24) is 5.32 Å². The van der Waals surface area contributed by atoms with E-state index in [0.29, 0.717) is 0 Å². The third-order valence-corrected chi connectivity index (χ3v) is 2.11. The lowest BCUT2D eigenvalue weighted by atomic mass is 10.2. The maximum absolute atomic E-state index is 11.3. The van der Waals surface area contributed by atoms with Gasteiger partial charge in [0.15, 0.2) is 0 Å². The first-order chi connectivity index (χ1) is 8.11. The van der Waals surface area contributed by atoms with Crippen molar-refractivity contribution in [3.63, 3.8) is 0 Å². The summed E-state index contributed by atoms with van der Waals surface area (Å²) in [4.78, 5) is 11.3. The second-order valence-electron chi connectivity index (χ2n) is 3.70. The Bertz CT molecular complexity index is 382. The molecule has 0 aliphatic carbocycles. The highest BCUT2D eigenvalue weighted by atomic mass is 16.5. The van der Waals surface area contributed by atoms with Crippen molar-refractivity contribution in [2.75, 3.05) is 13.7 Å². The standard InChI is InChI=1S/C13H17NO3/c1-10(15)9-14-13(16)8-5-11-3-6-12(17-2)7-4-11/h3-8,10,15H,9H2,1-2H3,(H,14,16)/b8-5-/t10-/m1/s1. The van der Waals surface area contributed by atoms with Crippen LogP contribution in [0.2, 0.25) is 0 Å². The van der Waals surface area contributed by atoms with Crippen molar-refractivity contribution in [1.29, 1.82) is 0 Å². The molecule has 0 fully saturated rings. The summed E-state index contributed by atoms with van der Waals surface area (Å²) in [6.45, 7) is 1.87. The molecule has 0 saturated carbocycles. The van der Waals surface area contributed by atoms with Crippen LogP contribution >= 0.6 is 0 Å². The molecule has 1 atom stereocenters. The van der Waals surface area contributed by atoms with Crippen LogP contribution in [-0.2, 0) is 4.79 Å². The van der Waals surface area contributed by atoms with Gasteiger partial charge in [-0.15, -0.1) is 0 Å². The zero-order chi connectivity index (χ0) is 12.7. The van der Waals surface area contributed by atoms with E-state index in [2.05, 4.69) is 5.32 Å². The summed E-state index contributed by atoms with van der Waals surface area (Å²) in [6.07, 6.45) is 2.61. The molecule has 0 bridgehead atoms. The van der Waals surface area contributed by atoms with Gasteiger partial charge in [-0.1, -0.05) is 12.1 Å². The van der Waals surface area contributed by atoms with Crippen LogP contribution in [0.25, 0.3) is 6.08 Å². The molecular weight excluding hydrogens is 218 g/mol. The number of hydrogen-bond donors (Lipinski definition) is 2. The van der Waals surface area contributed by atoms with E-state index in [9.17, 15) is 4.79 Å². The number of nitrogens with one attached hydrogen (secondary N) is 1. The number of amides is 1. The lowest BCUT2D eigenvalue weighted by Gasteiger charge is -2.03. The van der Waals surface area contributed by atoms with Crippen molar-refractivity contribution < 1.29 is 14.6 Å². The molecule has 1 aromatic rings. The minimum absolute atomic E-state index is 0.221. The minimum Gasteiger partial charge on any atom is -0.497 e. The highest BCUT2D eigenvalue weighted by molar-refractivity contribution is 5.91. The van der Waals surface area contributed by atoms with Crippen LogP contribution in [0.5, 0.6) is 5.75 Å². The fourth-order valence-corrected chi connectivity index (χ4v) is 1.19. The molecule has 0 saturated heterocycles. The quantitative estimate of drug-likeness (QED) is 0.754. The van der Waals surface area contributed by atoms with Gasteiger partial charge in [-0.3, -0.25) is 4.79 Å². The molecule has 1 rings (SSSR count). The van der Waals surface area contributed by atoms with Crippen molar-refractivity contribution in [2.45, 2.75) is 13.0 Å². The molecule has 0 radical (unpaired) electrons. The van der Waals surface area contributed by atoms with Crippen LogP contribution in [0.4, 0.5) is 0 Å². The number of ether oxygens (including phenoxy) is 1. The number of hydrogen-bond acceptors (Lipinski definition) is 3. The van der Waals surface area contributed by atoms with Gasteiger partial charge in [-0.25, -0.2) is 0 Å². The predicted octanol–water partition coefficient (Wildman–Crippen LogP) is 1.21. The van der Waals surface area contributed by atoms with E-state index in [1.165, 1.54) is 6.08 Å². The third-order valence-electron chi connectivity index (χ3n) is 2.11. The monoisotopic (exact) mass is 235 g/mol. The number of benzene rings is 1. The molecule has 92 valence electrons. The lowest BCUT2D eigenvalue weighted by Crippen LogP contribution is -2.28. The molecule has 4 heteroatoms. The molecule has 17 heavy (non-hydrogen) atoms. The Morgan fingerprint density at radius 1 is 1.47 bits per heavy atom. The Kier molecular flexibility index (Phi) is 5.23. The maximum Gasteiger partial charge on any atom is 0.244 e. The summed E-state index contributed by atoms with van der Waals surface area (Å²) < 4.78 is 5.03. The molecule has 0 aliphatic heterocycles. The number of methoxy groups -OCH3 is 1. The van der Waals surface area contributed by atoms with E-state index in [1.54, 1.807) is 20.1 Å². The lowest BCUT2D eigenvalue weighted by molar-refractivity contribution is -0.116. The normalized spacial score (nSPS) is 12.4. The SMILES string of the molecule is COc1ccc(/C=C\C(=O)NC[C@@H](C)O)cc1. The smallest absolute Gasteiger partial charge is 0.244 e. The highest BCUT2D eigenvalue weighted by Crippen LogP contribution is 2.11. The van der Waals surface area contributed by atoms with Crippen LogP contribution < -0.4 is 10.1 Å². The average Bonchev–Trinajstić information content (AvgIpc) is 2.34. The van der Waals surface area contributed by atoms with Gasteiger partial charge in [0, 0.05) is 12.6 Å². The third kappa shape index (κ3) is 5.17. The average molecular weight is 235 g/mol. The first kappa shape index (κ1) is 13.3. The van der Waals surface area contributed by atoms with E-state index in [4.69, 9.17) is 9.84 Å². The molecule has 0 heterocycles. The first-order valence-electron chi connectivity index (χ1n) is 5.40. The van der Waals surface area contributed by atoms with Crippen LogP contribution in [0.3, 0.4) is 0 Å². The Labute approximate surface area is 101 Å². The summed E-state index contributed by atoms with van der Waals surface area (Å²) in [6, 6.07) is 7.37. The van der Waals surface area contributed by atoms with Gasteiger partial charge in [0.1, 0.15) is 5.75 Å². The fraction of sp³-hybridized carbons (Fsp3) is 0.308. The molecule has 0 aliphatic rings. The topological polar surface area (TPSA) is 58.6 Å². The van der Waals surface area contributed by atoms with Crippen LogP contribution in [0.1, 0.15) is 12.5 Å². The molecule has 0 unspecified atom stereocenters. The van der Waals surface area contributed by atoms with E-state index in [0.717, 1.165) is 11.3 Å². The van der Waals surface area contributed by atoms with E-state index in [1.807, 2.05) is 24.3 Å². The largest absolute Gasteiger partial charge is 0.497 e. The van der Waals surface area contributed by atoms with Crippen molar-refractivity contribution in [3.05, 3.63) is 35.9 Å². The maximum atomic E-state index is 11.3. The molecular formula is C13H17NO3. The molecule has 0 spiro atoms. The Balaban J connectivity index is 2.49. The molecule has 1 amide bonds. The Morgan fingerprint density at radius 3 is 2.65 bits per heavy atom. The van der Waals surface area contributed by atoms with E-state index >= 15 is 0 Å². The molecule has 2 N–H and O–H groups in total. The minimum atomic E-state index is -0.534. The fourth-order valence-electron chi connectivity index (χ4n) is 1.19. The summed E-state index contributed by atoms with van der Waals surface area (Å²) in [5, 5.41) is 11.6. The number of aliphatic hydroxyl groups is 1. The van der Waals surface area contributed by atoms with Gasteiger partial charge in [0.25, 0.3) is 0 Å². The van der Waals surface area contributed by atoms with E-state index in [-0.39, 0.29) is 12.5 Å². The van der Waals surface area contributed by atoms with Crippen molar-refractivity contribution >= 4 is 12.0 Å². The number of aliphatic hydroxyl groups excluding tert-OH is 1. The molecule has 0 aromatic heterocycles. The zero-order valence-corrected chi connectivity index (χ0v) is 10.0. The van der Waals surface area contributed by atoms with Gasteiger partial charge >= 0.3 is 0 Å². The highest BCUT2D eigenvalue weighted by Gasteiger charge is 1.98. The first-order valence-corrected chi connectivity index (χ1v) is 5.40. The van der Waals surface area contributed by atoms with Gasteiger partial charge in [0.2, 0.25) is 5.91 Å². The van der Waals surface area contributed by atoms with Crippen LogP contribution in [0.15, 0.2) is 30.3 Å². The van der Waals surface area contributed by atoms with Crippen LogP contribution in [-0.4, -0.2) is 30.8 Å². The van der Waals surface area contributed by atoms with Gasteiger partial charge in [-0.05, 0) is 30.7 Å². The summed E-state index contributed by atoms with van der Waals surface area (Å²) in [5.74, 6) is 0.558. The number of carbonyl (C=O) groups is 1. The second-order valence-corrected chi connectivity index (χ2v) is 3.70. The van der Waals surface area contributed by atoms with E-state index < -0.39 is 6.10 Å². The van der Waals surface area contributed by atoms with Gasteiger partial charge in [0.05, 0.1) is 13.2 Å². The molecule has 4 nitrogen and oxygen atoms in total. The Morgan fingerprint density at radius 2 is 2.12 bits per heavy atom. The second kappa shape index (κ2) is 6.70. The number of rotatable bonds is 5. The summed E-state index contributed by atoms with van der Waals surface area (Å²) >= 11 is 0. The number of carbonyl (C=O) groups excluding carboxylic acids is 1. The Hall–Kier alpha value is -1.81. The van der Waals surface area contributed by atoms with Gasteiger partial charge in [-0.2, -0.15) is 0 Å². The summed E-state index contributed by atoms with van der Waals surface area (Å²) in [5.41, 5.74) is 0.915. The predicted molar refractivity (Wildman–Crippen MR) is 66.7 cm³/mol. The summed E-state index contributed by atoms with van der Waals surface area (Å²) in [7, 11) is 1.61. The zero-order valence-electron chi connectivity index (χ0n) is 10.0. The molecule has 1 aromatic carbocycles. The van der Waals surface area contributed by atoms with Crippen molar-refractivity contribution in [3.8, 4) is 5.75 Å². The van der Waals surface area contributed by atoms with Crippen LogP contribution in [0, 0.1) is 0 Å². The van der Waals surface area contributed by atoms with Crippen molar-refractivity contribution in [2.24, 2.45) is 0 Å². The van der Waals surface area contributed by atoms with Gasteiger partial charge < -0.3 is 15.2 Å².